The van der Waals surface area contributed by atoms with Crippen LogP contribution < -0.4 is 11.1 Å². The van der Waals surface area contributed by atoms with E-state index in [0.29, 0.717) is 16.9 Å². The monoisotopic (exact) mass is 210 g/mol. The molecule has 1 heterocycles. The summed E-state index contributed by atoms with van der Waals surface area (Å²) in [5, 5.41) is 3.51. The van der Waals surface area contributed by atoms with Gasteiger partial charge in [-0.2, -0.15) is 0 Å². The van der Waals surface area contributed by atoms with Gasteiger partial charge in [0, 0.05) is 12.6 Å². The van der Waals surface area contributed by atoms with Crippen LogP contribution in [-0.2, 0) is 0 Å². The van der Waals surface area contributed by atoms with Crippen LogP contribution in [-0.4, -0.2) is 19.1 Å². The molecule has 2 heteroatoms. The van der Waals surface area contributed by atoms with Crippen molar-refractivity contribution in [3.05, 3.63) is 0 Å². The second kappa shape index (κ2) is 3.74. The molecule has 3 unspecified atom stereocenters. The summed E-state index contributed by atoms with van der Waals surface area (Å²) in [6.07, 6.45) is 5.25. The highest BCUT2D eigenvalue weighted by molar-refractivity contribution is 5.07. The second-order valence-corrected chi connectivity index (χ2v) is 6.86. The Labute approximate surface area is 94.0 Å². The summed E-state index contributed by atoms with van der Waals surface area (Å²) in [6.45, 7) is 9.42. The maximum Gasteiger partial charge on any atom is 0.00788 e. The summed E-state index contributed by atoms with van der Waals surface area (Å²) in [4.78, 5) is 0. The summed E-state index contributed by atoms with van der Waals surface area (Å²) in [5.74, 6) is 0.784. The van der Waals surface area contributed by atoms with Gasteiger partial charge in [-0.15, -0.1) is 0 Å². The van der Waals surface area contributed by atoms with Crippen LogP contribution in [0.3, 0.4) is 0 Å². The van der Waals surface area contributed by atoms with Crippen LogP contribution in [0.15, 0.2) is 0 Å². The molecule has 0 aromatic rings. The molecule has 1 aliphatic heterocycles. The molecule has 2 fully saturated rings. The van der Waals surface area contributed by atoms with E-state index >= 15 is 0 Å². The van der Waals surface area contributed by atoms with Crippen molar-refractivity contribution in [2.45, 2.75) is 52.5 Å². The minimum absolute atomic E-state index is 0.461. The van der Waals surface area contributed by atoms with E-state index in [-0.39, 0.29) is 0 Å². The van der Waals surface area contributed by atoms with Gasteiger partial charge in [0.05, 0.1) is 0 Å². The molecule has 15 heavy (non-hydrogen) atoms. The molecule has 1 saturated carbocycles. The summed E-state index contributed by atoms with van der Waals surface area (Å²) in [7, 11) is 0. The van der Waals surface area contributed by atoms with Gasteiger partial charge in [0.25, 0.3) is 0 Å². The minimum atomic E-state index is 0.461. The Morgan fingerprint density at radius 2 is 2.13 bits per heavy atom. The lowest BCUT2D eigenvalue weighted by atomic mass is 9.54. The van der Waals surface area contributed by atoms with Gasteiger partial charge < -0.3 is 11.1 Å². The van der Waals surface area contributed by atoms with E-state index < -0.39 is 0 Å². The van der Waals surface area contributed by atoms with Gasteiger partial charge in [0.15, 0.2) is 0 Å². The van der Waals surface area contributed by atoms with E-state index in [0.717, 1.165) is 5.92 Å². The summed E-state index contributed by atoms with van der Waals surface area (Å²) >= 11 is 0. The smallest absolute Gasteiger partial charge is 0.00788 e. The van der Waals surface area contributed by atoms with Gasteiger partial charge >= 0.3 is 0 Å². The number of hydrogen-bond acceptors (Lipinski definition) is 2. The minimum Gasteiger partial charge on any atom is -0.327 e. The van der Waals surface area contributed by atoms with Crippen LogP contribution in [0.4, 0.5) is 0 Å². The van der Waals surface area contributed by atoms with Gasteiger partial charge in [-0.3, -0.25) is 0 Å². The lowest BCUT2D eigenvalue weighted by molar-refractivity contribution is 0.00964. The molecule has 88 valence electrons. The first-order valence-electron chi connectivity index (χ1n) is 6.39. The predicted molar refractivity (Wildman–Crippen MR) is 64.7 cm³/mol. The van der Waals surface area contributed by atoms with E-state index in [1.165, 1.54) is 38.8 Å². The third-order valence-electron chi connectivity index (χ3n) is 4.43. The summed E-state index contributed by atoms with van der Waals surface area (Å²) < 4.78 is 0. The Hall–Kier alpha value is -0.0800. The van der Waals surface area contributed by atoms with E-state index in [1.807, 2.05) is 0 Å². The third kappa shape index (κ3) is 2.21. The van der Waals surface area contributed by atoms with Crippen molar-refractivity contribution in [1.82, 2.24) is 5.32 Å². The number of hydrogen-bond donors (Lipinski definition) is 2. The molecule has 1 spiro atoms. The predicted octanol–water partition coefficient (Wildman–Crippen LogP) is 2.14. The fraction of sp³-hybridized carbons (Fsp3) is 1.00. The Kier molecular flexibility index (Phi) is 2.85. The topological polar surface area (TPSA) is 38.0 Å². The Bertz CT molecular complexity index is 223. The molecular weight excluding hydrogens is 184 g/mol. The van der Waals surface area contributed by atoms with Crippen LogP contribution in [0.25, 0.3) is 0 Å². The Morgan fingerprint density at radius 1 is 1.40 bits per heavy atom. The highest BCUT2D eigenvalue weighted by atomic mass is 15.0. The first-order valence-corrected chi connectivity index (χ1v) is 6.39. The zero-order valence-corrected chi connectivity index (χ0v) is 10.5. The van der Waals surface area contributed by atoms with Crippen molar-refractivity contribution in [3.63, 3.8) is 0 Å². The summed E-state index contributed by atoms with van der Waals surface area (Å²) in [5.41, 5.74) is 7.23. The van der Waals surface area contributed by atoms with E-state index in [9.17, 15) is 0 Å². The molecule has 0 aromatic carbocycles. The average molecular weight is 210 g/mol. The standard InChI is InChI=1S/C13H26N2/c1-12(2,3)5-4-10-11(14)8-13(10)6-7-15-9-13/h10-11,15H,4-9,14H2,1-3H3. The SMILES string of the molecule is CC(C)(C)CCC1C(N)CC12CCNC2. The quantitative estimate of drug-likeness (QED) is 0.733. The Morgan fingerprint density at radius 3 is 2.60 bits per heavy atom. The first-order chi connectivity index (χ1) is 6.93. The van der Waals surface area contributed by atoms with Crippen molar-refractivity contribution in [3.8, 4) is 0 Å². The number of nitrogens with two attached hydrogens (primary N) is 1. The second-order valence-electron chi connectivity index (χ2n) is 6.86. The van der Waals surface area contributed by atoms with Crippen LogP contribution >= 0.6 is 0 Å². The molecule has 2 nitrogen and oxygen atoms in total. The largest absolute Gasteiger partial charge is 0.327 e. The number of rotatable bonds is 2. The Balaban J connectivity index is 1.90. The molecule has 0 amide bonds. The lowest BCUT2D eigenvalue weighted by Gasteiger charge is -2.52. The van der Waals surface area contributed by atoms with Crippen LogP contribution in [0.5, 0.6) is 0 Å². The van der Waals surface area contributed by atoms with E-state index in [4.69, 9.17) is 5.73 Å². The van der Waals surface area contributed by atoms with Gasteiger partial charge in [0.2, 0.25) is 0 Å². The molecule has 0 bridgehead atoms. The van der Waals surface area contributed by atoms with E-state index in [1.54, 1.807) is 0 Å². The zero-order valence-electron chi connectivity index (χ0n) is 10.5. The fourth-order valence-corrected chi connectivity index (χ4v) is 3.42. The van der Waals surface area contributed by atoms with Gasteiger partial charge in [0.1, 0.15) is 0 Å². The molecule has 0 aromatic heterocycles. The highest BCUT2D eigenvalue weighted by Gasteiger charge is 2.52. The molecule has 0 radical (unpaired) electrons. The zero-order chi connectivity index (χ0) is 11.1. The van der Waals surface area contributed by atoms with Gasteiger partial charge in [-0.1, -0.05) is 20.8 Å². The molecule has 3 N–H and O–H groups in total. The highest BCUT2D eigenvalue weighted by Crippen LogP contribution is 2.52. The molecule has 1 saturated heterocycles. The molecular formula is C13H26N2. The average Bonchev–Trinajstić information content (AvgIpc) is 2.52. The molecule has 2 rings (SSSR count). The lowest BCUT2D eigenvalue weighted by Crippen LogP contribution is -2.57. The fourth-order valence-electron chi connectivity index (χ4n) is 3.42. The van der Waals surface area contributed by atoms with Crippen molar-refractivity contribution < 1.29 is 0 Å². The van der Waals surface area contributed by atoms with Crippen LogP contribution in [0.1, 0.15) is 46.5 Å². The third-order valence-corrected chi connectivity index (χ3v) is 4.43. The normalized spacial score (nSPS) is 40.8. The molecule has 3 atom stereocenters. The van der Waals surface area contributed by atoms with Crippen molar-refractivity contribution >= 4 is 0 Å². The maximum atomic E-state index is 6.18. The number of nitrogens with one attached hydrogen (secondary N) is 1. The van der Waals surface area contributed by atoms with Gasteiger partial charge in [-0.25, -0.2) is 0 Å². The molecule has 2 aliphatic rings. The van der Waals surface area contributed by atoms with Crippen LogP contribution in [0.2, 0.25) is 0 Å². The van der Waals surface area contributed by atoms with Crippen molar-refractivity contribution in [2.75, 3.05) is 13.1 Å². The van der Waals surface area contributed by atoms with Crippen LogP contribution in [0, 0.1) is 16.7 Å². The van der Waals surface area contributed by atoms with Crippen molar-refractivity contribution in [1.29, 1.82) is 0 Å². The maximum absolute atomic E-state index is 6.18. The van der Waals surface area contributed by atoms with Crippen molar-refractivity contribution in [2.24, 2.45) is 22.5 Å². The summed E-state index contributed by atoms with van der Waals surface area (Å²) in [6, 6.07) is 0.479. The first kappa shape index (κ1) is 11.4. The van der Waals surface area contributed by atoms with E-state index in [2.05, 4.69) is 26.1 Å². The van der Waals surface area contributed by atoms with Gasteiger partial charge in [-0.05, 0) is 49.0 Å². The molecule has 1 aliphatic carbocycles.